The van der Waals surface area contributed by atoms with Gasteiger partial charge in [0.05, 0.1) is 6.04 Å². The molecule has 8 nitrogen and oxygen atoms in total. The van der Waals surface area contributed by atoms with E-state index >= 15 is 0 Å². The zero-order valence-corrected chi connectivity index (χ0v) is 10.5. The second-order valence-electron chi connectivity index (χ2n) is 4.43. The van der Waals surface area contributed by atoms with Crippen LogP contribution in [0.2, 0.25) is 0 Å². The van der Waals surface area contributed by atoms with E-state index in [0.29, 0.717) is 5.89 Å². The summed E-state index contributed by atoms with van der Waals surface area (Å²) in [6.45, 7) is 0.899. The number of hydrogen-bond donors (Lipinski definition) is 3. The van der Waals surface area contributed by atoms with E-state index in [9.17, 15) is 9.90 Å². The minimum Gasteiger partial charge on any atom is -0.504 e. The van der Waals surface area contributed by atoms with Gasteiger partial charge in [-0.05, 0) is 31.5 Å². The first-order chi connectivity index (χ1) is 9.74. The Morgan fingerprint density at radius 3 is 3.20 bits per heavy atom. The molecule has 1 atom stereocenters. The third-order valence-corrected chi connectivity index (χ3v) is 3.02. The first-order valence-corrected chi connectivity index (χ1v) is 6.26. The van der Waals surface area contributed by atoms with Gasteiger partial charge >= 0.3 is 0 Å². The lowest BCUT2D eigenvalue weighted by atomic mass is 10.2. The molecule has 3 rings (SSSR count). The number of aromatic nitrogens is 3. The lowest BCUT2D eigenvalue weighted by molar-refractivity contribution is 0.101. The van der Waals surface area contributed by atoms with Crippen LogP contribution in [0.1, 0.15) is 35.4 Å². The number of nitrogens with one attached hydrogen (secondary N) is 2. The largest absolute Gasteiger partial charge is 0.504 e. The highest BCUT2D eigenvalue weighted by Crippen LogP contribution is 2.22. The first kappa shape index (κ1) is 12.5. The molecule has 20 heavy (non-hydrogen) atoms. The first-order valence-electron chi connectivity index (χ1n) is 6.26. The number of anilines is 1. The van der Waals surface area contributed by atoms with E-state index in [1.165, 1.54) is 12.3 Å². The Balaban J connectivity index is 1.73. The van der Waals surface area contributed by atoms with Gasteiger partial charge < -0.3 is 20.3 Å². The maximum Gasteiger partial charge on any atom is 0.298 e. The molecular weight excluding hydrogens is 262 g/mol. The molecule has 1 aliphatic rings. The van der Waals surface area contributed by atoms with Gasteiger partial charge in [0.2, 0.25) is 5.89 Å². The Bertz CT molecular complexity index is 621. The number of amides is 1. The molecule has 0 aromatic carbocycles. The lowest BCUT2D eigenvalue weighted by Crippen LogP contribution is -2.16. The van der Waals surface area contributed by atoms with Gasteiger partial charge in [0.25, 0.3) is 11.7 Å². The van der Waals surface area contributed by atoms with Crippen LogP contribution in [-0.4, -0.2) is 32.7 Å². The van der Waals surface area contributed by atoms with Crippen LogP contribution < -0.4 is 10.6 Å². The average molecular weight is 275 g/mol. The van der Waals surface area contributed by atoms with Crippen molar-refractivity contribution < 1.29 is 14.4 Å². The molecule has 0 bridgehead atoms. The van der Waals surface area contributed by atoms with E-state index < -0.39 is 5.91 Å². The van der Waals surface area contributed by atoms with Gasteiger partial charge in [-0.3, -0.25) is 4.79 Å². The summed E-state index contributed by atoms with van der Waals surface area (Å²) in [7, 11) is 0. The molecule has 3 N–H and O–H groups in total. The van der Waals surface area contributed by atoms with E-state index in [1.54, 1.807) is 6.07 Å². The number of carbonyl (C=O) groups excluding carboxylic acids is 1. The highest BCUT2D eigenvalue weighted by atomic mass is 16.5. The van der Waals surface area contributed by atoms with Crippen LogP contribution in [0.25, 0.3) is 0 Å². The van der Waals surface area contributed by atoms with Crippen molar-refractivity contribution in [3.8, 4) is 5.75 Å². The summed E-state index contributed by atoms with van der Waals surface area (Å²) in [6.07, 6.45) is 3.40. The number of nitrogens with zero attached hydrogens (tertiary/aromatic N) is 3. The summed E-state index contributed by atoms with van der Waals surface area (Å²) in [5.74, 6) is -0.325. The van der Waals surface area contributed by atoms with Crippen molar-refractivity contribution >= 4 is 11.7 Å². The molecule has 1 fully saturated rings. The zero-order chi connectivity index (χ0) is 13.9. The van der Waals surface area contributed by atoms with Gasteiger partial charge in [-0.25, -0.2) is 4.98 Å². The van der Waals surface area contributed by atoms with Crippen molar-refractivity contribution in [1.82, 2.24) is 20.4 Å². The molecule has 104 valence electrons. The Morgan fingerprint density at radius 2 is 2.45 bits per heavy atom. The van der Waals surface area contributed by atoms with Crippen molar-refractivity contribution in [2.45, 2.75) is 18.9 Å². The van der Waals surface area contributed by atoms with Crippen molar-refractivity contribution in [2.75, 3.05) is 11.9 Å². The van der Waals surface area contributed by atoms with Gasteiger partial charge in [-0.2, -0.15) is 4.98 Å². The fourth-order valence-electron chi connectivity index (χ4n) is 2.02. The maximum absolute atomic E-state index is 11.9. The minimum atomic E-state index is -0.577. The fourth-order valence-corrected chi connectivity index (χ4v) is 2.02. The predicted molar refractivity (Wildman–Crippen MR) is 68.1 cm³/mol. The van der Waals surface area contributed by atoms with E-state index in [2.05, 4.69) is 25.8 Å². The van der Waals surface area contributed by atoms with Crippen LogP contribution in [0.4, 0.5) is 5.82 Å². The molecule has 2 aromatic heterocycles. The predicted octanol–water partition coefficient (Wildman–Crippen LogP) is 0.847. The minimum absolute atomic E-state index is 0.00676. The fraction of sp³-hybridized carbons (Fsp3) is 0.333. The molecule has 1 aliphatic heterocycles. The summed E-state index contributed by atoms with van der Waals surface area (Å²) < 4.78 is 5.07. The summed E-state index contributed by atoms with van der Waals surface area (Å²) in [4.78, 5) is 19.8. The summed E-state index contributed by atoms with van der Waals surface area (Å²) in [5, 5.41) is 18.8. The van der Waals surface area contributed by atoms with Crippen molar-refractivity contribution in [1.29, 1.82) is 0 Å². The molecule has 8 heteroatoms. The van der Waals surface area contributed by atoms with E-state index in [-0.39, 0.29) is 23.4 Å². The van der Waals surface area contributed by atoms with Crippen LogP contribution in [-0.2, 0) is 0 Å². The smallest absolute Gasteiger partial charge is 0.298 e. The molecule has 3 heterocycles. The number of aromatic hydroxyl groups is 1. The van der Waals surface area contributed by atoms with Crippen molar-refractivity contribution in [2.24, 2.45) is 0 Å². The van der Waals surface area contributed by atoms with Crippen LogP contribution in [0.15, 0.2) is 22.9 Å². The number of pyridine rings is 1. The Kier molecular flexibility index (Phi) is 3.30. The van der Waals surface area contributed by atoms with Gasteiger partial charge in [-0.15, -0.1) is 0 Å². The molecule has 0 aliphatic carbocycles. The second-order valence-corrected chi connectivity index (χ2v) is 4.43. The van der Waals surface area contributed by atoms with Crippen LogP contribution in [0.5, 0.6) is 5.75 Å². The van der Waals surface area contributed by atoms with E-state index in [4.69, 9.17) is 4.52 Å². The van der Waals surface area contributed by atoms with Crippen LogP contribution >= 0.6 is 0 Å². The third kappa shape index (κ3) is 2.45. The number of hydrogen-bond acceptors (Lipinski definition) is 7. The lowest BCUT2D eigenvalue weighted by Gasteiger charge is -2.03. The molecule has 1 amide bonds. The summed E-state index contributed by atoms with van der Waals surface area (Å²) >= 11 is 0. The highest BCUT2D eigenvalue weighted by molar-refractivity contribution is 6.01. The molecule has 1 saturated heterocycles. The quantitative estimate of drug-likeness (QED) is 0.760. The molecule has 1 unspecified atom stereocenters. The molecule has 0 radical (unpaired) electrons. The van der Waals surface area contributed by atoms with E-state index in [0.717, 1.165) is 19.4 Å². The zero-order valence-electron chi connectivity index (χ0n) is 10.5. The second kappa shape index (κ2) is 5.25. The SMILES string of the molecule is O=C(Nc1ncccc1O)c1noc(C2CCCN2)n1. The standard InChI is InChI=1S/C12H13N5O3/c18-8-4-2-6-14-9(8)15-11(19)10-16-12(20-17-10)7-3-1-5-13-7/h2,4,6-7,13,18H,1,3,5H2,(H,14,15,19). The summed E-state index contributed by atoms with van der Waals surface area (Å²) in [6, 6.07) is 2.99. The maximum atomic E-state index is 11.9. The molecular formula is C12H13N5O3. The number of rotatable bonds is 3. The van der Waals surface area contributed by atoms with Crippen LogP contribution in [0, 0.1) is 0 Å². The van der Waals surface area contributed by atoms with Crippen molar-refractivity contribution in [3.63, 3.8) is 0 Å². The molecule has 2 aromatic rings. The molecule has 0 saturated carbocycles. The average Bonchev–Trinajstić information content (AvgIpc) is 3.11. The summed E-state index contributed by atoms with van der Waals surface area (Å²) in [5.41, 5.74) is 0. The van der Waals surface area contributed by atoms with Crippen molar-refractivity contribution in [3.05, 3.63) is 30.0 Å². The van der Waals surface area contributed by atoms with Gasteiger partial charge in [-0.1, -0.05) is 5.16 Å². The van der Waals surface area contributed by atoms with Gasteiger partial charge in [0.15, 0.2) is 11.6 Å². The third-order valence-electron chi connectivity index (χ3n) is 3.02. The Labute approximate surface area is 114 Å². The van der Waals surface area contributed by atoms with E-state index in [1.807, 2.05) is 0 Å². The normalized spacial score (nSPS) is 18.1. The number of carbonyl (C=O) groups is 1. The van der Waals surface area contributed by atoms with Gasteiger partial charge in [0, 0.05) is 6.20 Å². The highest BCUT2D eigenvalue weighted by Gasteiger charge is 2.24. The van der Waals surface area contributed by atoms with Gasteiger partial charge in [0.1, 0.15) is 0 Å². The molecule has 0 spiro atoms. The topological polar surface area (TPSA) is 113 Å². The Morgan fingerprint density at radius 1 is 1.55 bits per heavy atom. The monoisotopic (exact) mass is 275 g/mol. The Hall–Kier alpha value is -2.48. The van der Waals surface area contributed by atoms with Crippen LogP contribution in [0.3, 0.4) is 0 Å².